The predicted molar refractivity (Wildman–Crippen MR) is 50.3 cm³/mol. The van der Waals surface area contributed by atoms with Crippen LogP contribution in [0.1, 0.15) is 19.8 Å². The largest absolute Gasteiger partial charge is 0.396 e. The number of hydrogen-bond acceptors (Lipinski definition) is 3. The fourth-order valence-corrected chi connectivity index (χ4v) is 1.35. The van der Waals surface area contributed by atoms with Gasteiger partial charge in [-0.2, -0.15) is 0 Å². The molecule has 1 aliphatic rings. The maximum absolute atomic E-state index is 11.3. The summed E-state index contributed by atoms with van der Waals surface area (Å²) in [6, 6.07) is 0.0885. The third kappa shape index (κ3) is 3.74. The molecule has 1 heterocycles. The molecule has 0 bridgehead atoms. The summed E-state index contributed by atoms with van der Waals surface area (Å²) in [5, 5.41) is 14.6. The molecule has 1 saturated heterocycles. The van der Waals surface area contributed by atoms with Crippen LogP contribution in [-0.4, -0.2) is 36.8 Å². The molecule has 0 aromatic heterocycles. The average molecular weight is 186 g/mol. The fourth-order valence-electron chi connectivity index (χ4n) is 1.35. The minimum Gasteiger partial charge on any atom is -0.396 e. The van der Waals surface area contributed by atoms with Crippen molar-refractivity contribution in [2.24, 2.45) is 5.92 Å². The molecule has 4 nitrogen and oxygen atoms in total. The Morgan fingerprint density at radius 2 is 2.38 bits per heavy atom. The smallest absolute Gasteiger partial charge is 0.220 e. The third-order valence-electron chi connectivity index (χ3n) is 2.31. The van der Waals surface area contributed by atoms with Crippen LogP contribution in [0, 0.1) is 5.92 Å². The highest BCUT2D eigenvalue weighted by molar-refractivity contribution is 5.76. The molecule has 3 N–H and O–H groups in total. The van der Waals surface area contributed by atoms with Crippen LogP contribution in [0.5, 0.6) is 0 Å². The van der Waals surface area contributed by atoms with Crippen molar-refractivity contribution in [3.8, 4) is 0 Å². The molecule has 1 rings (SSSR count). The van der Waals surface area contributed by atoms with Crippen molar-refractivity contribution in [3.63, 3.8) is 0 Å². The molecule has 0 spiro atoms. The van der Waals surface area contributed by atoms with Gasteiger partial charge >= 0.3 is 0 Å². The first-order valence-corrected chi connectivity index (χ1v) is 4.83. The lowest BCUT2D eigenvalue weighted by Gasteiger charge is -2.26. The first-order chi connectivity index (χ1) is 6.22. The lowest BCUT2D eigenvalue weighted by atomic mass is 9.99. The number of aliphatic hydroxyl groups is 1. The van der Waals surface area contributed by atoms with E-state index in [1.165, 1.54) is 0 Å². The summed E-state index contributed by atoms with van der Waals surface area (Å²) >= 11 is 0. The van der Waals surface area contributed by atoms with Gasteiger partial charge in [0.2, 0.25) is 5.91 Å². The summed E-state index contributed by atoms with van der Waals surface area (Å²) in [5.74, 6) is 0.619. The van der Waals surface area contributed by atoms with Crippen molar-refractivity contribution in [3.05, 3.63) is 0 Å². The Kier molecular flexibility index (Phi) is 4.18. The van der Waals surface area contributed by atoms with Gasteiger partial charge < -0.3 is 15.7 Å². The molecule has 0 radical (unpaired) electrons. The van der Waals surface area contributed by atoms with Gasteiger partial charge in [0, 0.05) is 19.1 Å². The molecule has 4 heteroatoms. The summed E-state index contributed by atoms with van der Waals surface area (Å²) in [6.45, 7) is 3.96. The number of carbonyl (C=O) groups excluding carboxylic acids is 1. The fraction of sp³-hybridized carbons (Fsp3) is 0.889. The van der Waals surface area contributed by atoms with E-state index in [0.717, 1.165) is 13.1 Å². The molecule has 0 saturated carbocycles. The second-order valence-corrected chi connectivity index (χ2v) is 3.71. The van der Waals surface area contributed by atoms with Crippen LogP contribution < -0.4 is 10.6 Å². The SMILES string of the molecule is CC(CCO)NC(=O)CC1CNC1. The zero-order valence-corrected chi connectivity index (χ0v) is 8.05. The Hall–Kier alpha value is -0.610. The van der Waals surface area contributed by atoms with Gasteiger partial charge in [-0.05, 0) is 32.4 Å². The highest BCUT2D eigenvalue weighted by Gasteiger charge is 2.20. The number of rotatable bonds is 5. The molecular weight excluding hydrogens is 168 g/mol. The van der Waals surface area contributed by atoms with Crippen molar-refractivity contribution in [1.29, 1.82) is 0 Å². The standard InChI is InChI=1S/C9H18N2O2/c1-7(2-3-12)11-9(13)4-8-5-10-6-8/h7-8,10,12H,2-6H2,1H3,(H,11,13). The predicted octanol–water partition coefficient (Wildman–Crippen LogP) is -0.517. The molecule has 0 aromatic carbocycles. The second kappa shape index (κ2) is 5.19. The zero-order valence-electron chi connectivity index (χ0n) is 8.05. The van der Waals surface area contributed by atoms with Crippen molar-refractivity contribution < 1.29 is 9.90 Å². The third-order valence-corrected chi connectivity index (χ3v) is 2.31. The van der Waals surface area contributed by atoms with E-state index in [1.807, 2.05) is 6.92 Å². The Labute approximate surface area is 78.7 Å². The summed E-state index contributed by atoms with van der Waals surface area (Å²) < 4.78 is 0. The van der Waals surface area contributed by atoms with Crippen molar-refractivity contribution in [2.45, 2.75) is 25.8 Å². The van der Waals surface area contributed by atoms with Crippen LogP contribution in [0.15, 0.2) is 0 Å². The Balaban J connectivity index is 2.08. The molecular formula is C9H18N2O2. The molecule has 1 fully saturated rings. The van der Waals surface area contributed by atoms with Crippen LogP contribution in [0.3, 0.4) is 0 Å². The summed E-state index contributed by atoms with van der Waals surface area (Å²) in [4.78, 5) is 11.3. The van der Waals surface area contributed by atoms with Crippen molar-refractivity contribution in [1.82, 2.24) is 10.6 Å². The number of nitrogens with one attached hydrogen (secondary N) is 2. The molecule has 0 aliphatic carbocycles. The van der Waals surface area contributed by atoms with E-state index < -0.39 is 0 Å². The van der Waals surface area contributed by atoms with Gasteiger partial charge in [-0.15, -0.1) is 0 Å². The van der Waals surface area contributed by atoms with Gasteiger partial charge in [0.1, 0.15) is 0 Å². The van der Waals surface area contributed by atoms with E-state index in [0.29, 0.717) is 18.8 Å². The lowest BCUT2D eigenvalue weighted by Crippen LogP contribution is -2.45. The lowest BCUT2D eigenvalue weighted by molar-refractivity contribution is -0.123. The highest BCUT2D eigenvalue weighted by atomic mass is 16.3. The quantitative estimate of drug-likeness (QED) is 0.541. The van der Waals surface area contributed by atoms with Crippen LogP contribution >= 0.6 is 0 Å². The zero-order chi connectivity index (χ0) is 9.68. The summed E-state index contributed by atoms with van der Waals surface area (Å²) in [6.07, 6.45) is 1.25. The number of carbonyl (C=O) groups is 1. The molecule has 0 aromatic rings. The van der Waals surface area contributed by atoms with Crippen LogP contribution in [0.25, 0.3) is 0 Å². The second-order valence-electron chi connectivity index (χ2n) is 3.71. The van der Waals surface area contributed by atoms with Gasteiger partial charge in [-0.3, -0.25) is 4.79 Å². The minimum absolute atomic E-state index is 0.0885. The van der Waals surface area contributed by atoms with Crippen LogP contribution in [0.4, 0.5) is 0 Å². The monoisotopic (exact) mass is 186 g/mol. The first-order valence-electron chi connectivity index (χ1n) is 4.83. The van der Waals surface area contributed by atoms with E-state index in [-0.39, 0.29) is 18.6 Å². The number of aliphatic hydroxyl groups excluding tert-OH is 1. The molecule has 1 atom stereocenters. The van der Waals surface area contributed by atoms with Gasteiger partial charge in [-0.25, -0.2) is 0 Å². The highest BCUT2D eigenvalue weighted by Crippen LogP contribution is 2.07. The molecule has 1 unspecified atom stereocenters. The van der Waals surface area contributed by atoms with Gasteiger partial charge in [0.05, 0.1) is 0 Å². The molecule has 76 valence electrons. The van der Waals surface area contributed by atoms with Gasteiger partial charge in [0.15, 0.2) is 0 Å². The normalized spacial score (nSPS) is 19.2. The van der Waals surface area contributed by atoms with Gasteiger partial charge in [-0.1, -0.05) is 0 Å². The van der Waals surface area contributed by atoms with E-state index in [9.17, 15) is 4.79 Å². The molecule has 1 amide bonds. The van der Waals surface area contributed by atoms with Crippen LogP contribution in [-0.2, 0) is 4.79 Å². The summed E-state index contributed by atoms with van der Waals surface area (Å²) in [5.41, 5.74) is 0. The molecule has 13 heavy (non-hydrogen) atoms. The van der Waals surface area contributed by atoms with Crippen molar-refractivity contribution >= 4 is 5.91 Å². The average Bonchev–Trinajstić information content (AvgIpc) is 1.97. The van der Waals surface area contributed by atoms with E-state index in [2.05, 4.69) is 10.6 Å². The topological polar surface area (TPSA) is 61.4 Å². The molecule has 1 aliphatic heterocycles. The van der Waals surface area contributed by atoms with E-state index in [1.54, 1.807) is 0 Å². The Morgan fingerprint density at radius 3 is 2.85 bits per heavy atom. The van der Waals surface area contributed by atoms with Crippen molar-refractivity contribution in [2.75, 3.05) is 19.7 Å². The first kappa shape index (κ1) is 10.5. The maximum Gasteiger partial charge on any atom is 0.220 e. The van der Waals surface area contributed by atoms with E-state index in [4.69, 9.17) is 5.11 Å². The van der Waals surface area contributed by atoms with Crippen LogP contribution in [0.2, 0.25) is 0 Å². The summed E-state index contributed by atoms with van der Waals surface area (Å²) in [7, 11) is 0. The minimum atomic E-state index is 0.0885. The Morgan fingerprint density at radius 1 is 1.69 bits per heavy atom. The maximum atomic E-state index is 11.3. The Bertz CT molecular complexity index is 169. The van der Waals surface area contributed by atoms with E-state index >= 15 is 0 Å². The van der Waals surface area contributed by atoms with Gasteiger partial charge in [0.25, 0.3) is 0 Å². The number of hydrogen-bond donors (Lipinski definition) is 3. The number of amides is 1.